The first-order valence-corrected chi connectivity index (χ1v) is 8.17. The highest BCUT2D eigenvalue weighted by Gasteiger charge is 2.31. The van der Waals surface area contributed by atoms with E-state index in [1.165, 1.54) is 12.8 Å². The molecule has 2 heterocycles. The Morgan fingerprint density at radius 3 is 2.45 bits per heavy atom. The number of hydrogen-bond donors (Lipinski definition) is 0. The fourth-order valence-corrected chi connectivity index (χ4v) is 3.35. The summed E-state index contributed by atoms with van der Waals surface area (Å²) in [5.41, 5.74) is 2.63. The Bertz CT molecular complexity index is 595. The highest BCUT2D eigenvalue weighted by atomic mass is 16.5. The van der Waals surface area contributed by atoms with Gasteiger partial charge in [-0.15, -0.1) is 0 Å². The van der Waals surface area contributed by atoms with Crippen LogP contribution in [0.25, 0.3) is 0 Å². The predicted molar refractivity (Wildman–Crippen MR) is 82.9 cm³/mol. The molecule has 1 aromatic rings. The Hall–Kier alpha value is -1.78. The lowest BCUT2D eigenvalue weighted by molar-refractivity contribution is -0.138. The number of ether oxygens (including phenoxy) is 1. The van der Waals surface area contributed by atoms with Crippen LogP contribution in [0.2, 0.25) is 0 Å². The molecule has 1 aliphatic heterocycles. The highest BCUT2D eigenvalue weighted by molar-refractivity contribution is 5.93. The van der Waals surface area contributed by atoms with Gasteiger partial charge in [0.2, 0.25) is 0 Å². The molecular formula is C17H24N2O3. The van der Waals surface area contributed by atoms with E-state index in [-0.39, 0.29) is 11.9 Å². The zero-order valence-corrected chi connectivity index (χ0v) is 13.6. The molecule has 1 atom stereocenters. The monoisotopic (exact) mass is 304 g/mol. The van der Waals surface area contributed by atoms with E-state index in [1.807, 2.05) is 19.9 Å². The molecule has 0 N–H and O–H groups in total. The van der Waals surface area contributed by atoms with Crippen molar-refractivity contribution in [3.63, 3.8) is 0 Å². The molecule has 2 fully saturated rings. The summed E-state index contributed by atoms with van der Waals surface area (Å²) in [6.45, 7) is 7.18. The summed E-state index contributed by atoms with van der Waals surface area (Å²) < 4.78 is 7.63. The first kappa shape index (κ1) is 15.1. The van der Waals surface area contributed by atoms with Gasteiger partial charge in [-0.2, -0.15) is 0 Å². The largest absolute Gasteiger partial charge is 0.449 e. The van der Waals surface area contributed by atoms with Crippen LogP contribution in [0.4, 0.5) is 0 Å². The molecule has 120 valence electrons. The van der Waals surface area contributed by atoms with Gasteiger partial charge < -0.3 is 14.2 Å². The number of nitrogens with zero attached hydrogens (tertiary/aromatic N) is 2. The topological polar surface area (TPSA) is 51.5 Å². The number of carbonyl (C=O) groups is 2. The molecule has 1 saturated heterocycles. The van der Waals surface area contributed by atoms with Gasteiger partial charge in [0.15, 0.2) is 6.10 Å². The molecule has 2 aliphatic rings. The molecule has 0 radical (unpaired) electrons. The van der Waals surface area contributed by atoms with Gasteiger partial charge >= 0.3 is 5.97 Å². The zero-order valence-electron chi connectivity index (χ0n) is 13.6. The summed E-state index contributed by atoms with van der Waals surface area (Å²) in [6, 6.07) is 2.41. The highest BCUT2D eigenvalue weighted by Crippen LogP contribution is 2.38. The van der Waals surface area contributed by atoms with Gasteiger partial charge in [-0.1, -0.05) is 0 Å². The summed E-state index contributed by atoms with van der Waals surface area (Å²) in [4.78, 5) is 26.4. The summed E-state index contributed by atoms with van der Waals surface area (Å²) in [5, 5.41) is 0. The van der Waals surface area contributed by atoms with Crippen molar-refractivity contribution in [3.05, 3.63) is 23.0 Å². The molecule has 1 amide bonds. The maximum atomic E-state index is 12.4. The second kappa shape index (κ2) is 5.78. The number of amides is 1. The lowest BCUT2D eigenvalue weighted by atomic mass is 10.2. The molecule has 5 nitrogen and oxygen atoms in total. The van der Waals surface area contributed by atoms with Crippen molar-refractivity contribution in [1.29, 1.82) is 0 Å². The molecule has 0 aromatic carbocycles. The van der Waals surface area contributed by atoms with Crippen molar-refractivity contribution in [2.45, 2.75) is 58.6 Å². The third kappa shape index (κ3) is 2.76. The van der Waals surface area contributed by atoms with Crippen LogP contribution in [0.3, 0.4) is 0 Å². The van der Waals surface area contributed by atoms with Gasteiger partial charge in [0.1, 0.15) is 0 Å². The van der Waals surface area contributed by atoms with Crippen molar-refractivity contribution >= 4 is 11.9 Å². The van der Waals surface area contributed by atoms with E-state index >= 15 is 0 Å². The van der Waals surface area contributed by atoms with E-state index in [0.717, 1.165) is 37.3 Å². The number of aromatic nitrogens is 1. The smallest absolute Gasteiger partial charge is 0.340 e. The average molecular weight is 304 g/mol. The molecule has 1 saturated carbocycles. The fraction of sp³-hybridized carbons (Fsp3) is 0.647. The van der Waals surface area contributed by atoms with Crippen molar-refractivity contribution in [1.82, 2.24) is 9.47 Å². The minimum Gasteiger partial charge on any atom is -0.449 e. The Balaban J connectivity index is 1.69. The van der Waals surface area contributed by atoms with Crippen LogP contribution in [0.1, 0.15) is 60.4 Å². The number of esters is 1. The lowest BCUT2D eigenvalue weighted by Gasteiger charge is -2.20. The van der Waals surface area contributed by atoms with E-state index in [0.29, 0.717) is 11.6 Å². The van der Waals surface area contributed by atoms with Crippen molar-refractivity contribution in [2.24, 2.45) is 0 Å². The molecule has 3 rings (SSSR count). The third-order valence-electron chi connectivity index (χ3n) is 4.67. The molecule has 0 spiro atoms. The average Bonchev–Trinajstić information content (AvgIpc) is 3.06. The molecule has 1 aromatic heterocycles. The molecule has 22 heavy (non-hydrogen) atoms. The number of hydrogen-bond acceptors (Lipinski definition) is 3. The van der Waals surface area contributed by atoms with Gasteiger partial charge in [-0.25, -0.2) is 4.79 Å². The number of likely N-dealkylation sites (tertiary alicyclic amines) is 1. The first-order chi connectivity index (χ1) is 10.5. The summed E-state index contributed by atoms with van der Waals surface area (Å²) in [6.07, 6.45) is 3.71. The standard InChI is InChI=1S/C17H24N2O3/c1-11-10-15(12(2)19(11)14-6-7-14)17(21)22-13(3)16(20)18-8-4-5-9-18/h10,13-14H,4-9H2,1-3H3. The fourth-order valence-electron chi connectivity index (χ4n) is 3.35. The van der Waals surface area contributed by atoms with Crippen molar-refractivity contribution in [3.8, 4) is 0 Å². The quantitative estimate of drug-likeness (QED) is 0.803. The second-order valence-electron chi connectivity index (χ2n) is 6.47. The van der Waals surface area contributed by atoms with Crippen LogP contribution < -0.4 is 0 Å². The van der Waals surface area contributed by atoms with E-state index in [9.17, 15) is 9.59 Å². The van der Waals surface area contributed by atoms with Gasteiger partial charge in [0.05, 0.1) is 5.56 Å². The summed E-state index contributed by atoms with van der Waals surface area (Å²) >= 11 is 0. The Labute approximate surface area is 131 Å². The number of rotatable bonds is 4. The third-order valence-corrected chi connectivity index (χ3v) is 4.67. The van der Waals surface area contributed by atoms with E-state index in [1.54, 1.807) is 11.8 Å². The van der Waals surface area contributed by atoms with Gasteiger partial charge in [-0.3, -0.25) is 4.79 Å². The Morgan fingerprint density at radius 1 is 1.23 bits per heavy atom. The molecule has 1 aliphatic carbocycles. The summed E-state index contributed by atoms with van der Waals surface area (Å²) in [5.74, 6) is -0.470. The summed E-state index contributed by atoms with van der Waals surface area (Å²) in [7, 11) is 0. The van der Waals surface area contributed by atoms with Crippen LogP contribution in [-0.4, -0.2) is 40.5 Å². The van der Waals surface area contributed by atoms with Crippen molar-refractivity contribution < 1.29 is 14.3 Å². The Kier molecular flexibility index (Phi) is 3.98. The number of carbonyl (C=O) groups excluding carboxylic acids is 2. The van der Waals surface area contributed by atoms with Crippen LogP contribution in [0.5, 0.6) is 0 Å². The normalized spacial score (nSPS) is 19.3. The molecular weight excluding hydrogens is 280 g/mol. The maximum Gasteiger partial charge on any atom is 0.340 e. The molecule has 1 unspecified atom stereocenters. The van der Waals surface area contributed by atoms with E-state index in [2.05, 4.69) is 4.57 Å². The lowest BCUT2D eigenvalue weighted by Crippen LogP contribution is -2.38. The van der Waals surface area contributed by atoms with Gasteiger partial charge in [0.25, 0.3) is 5.91 Å². The minimum absolute atomic E-state index is 0.0816. The number of aryl methyl sites for hydroxylation is 1. The predicted octanol–water partition coefficient (Wildman–Crippen LogP) is 2.61. The SMILES string of the molecule is Cc1cc(C(=O)OC(C)C(=O)N2CCCC2)c(C)n1C1CC1. The maximum absolute atomic E-state index is 12.4. The molecule has 5 heteroatoms. The van der Waals surface area contributed by atoms with Gasteiger partial charge in [-0.05, 0) is 52.5 Å². The van der Waals surface area contributed by atoms with Crippen LogP contribution >= 0.6 is 0 Å². The van der Waals surface area contributed by atoms with E-state index < -0.39 is 6.10 Å². The zero-order chi connectivity index (χ0) is 15.9. The van der Waals surface area contributed by atoms with Crippen LogP contribution in [-0.2, 0) is 9.53 Å². The van der Waals surface area contributed by atoms with Crippen LogP contribution in [0, 0.1) is 13.8 Å². The minimum atomic E-state index is -0.713. The van der Waals surface area contributed by atoms with E-state index in [4.69, 9.17) is 4.74 Å². The Morgan fingerprint density at radius 2 is 1.86 bits per heavy atom. The van der Waals surface area contributed by atoms with Crippen molar-refractivity contribution in [2.75, 3.05) is 13.1 Å². The second-order valence-corrected chi connectivity index (χ2v) is 6.47. The van der Waals surface area contributed by atoms with Crippen LogP contribution in [0.15, 0.2) is 6.07 Å². The molecule has 0 bridgehead atoms. The first-order valence-electron chi connectivity index (χ1n) is 8.17. The van der Waals surface area contributed by atoms with Gasteiger partial charge in [0, 0.05) is 30.5 Å².